The third kappa shape index (κ3) is 4.32. The Kier molecular flexibility index (Phi) is 8.05. The summed E-state index contributed by atoms with van der Waals surface area (Å²) in [7, 11) is 0. The van der Waals surface area contributed by atoms with Crippen molar-refractivity contribution in [2.75, 3.05) is 24.7 Å². The number of carbonyl (C=O) groups is 3. The quantitative estimate of drug-likeness (QED) is 0.345. The molecule has 3 heterocycles. The van der Waals surface area contributed by atoms with Gasteiger partial charge in [-0.05, 0) is 43.7 Å². The highest BCUT2D eigenvalue weighted by Crippen LogP contribution is 2.66. The molecule has 0 saturated carbocycles. The summed E-state index contributed by atoms with van der Waals surface area (Å²) in [5.74, 6) is -3.47. The highest BCUT2D eigenvalue weighted by Gasteiger charge is 2.81. The molecule has 8 nitrogen and oxygen atoms in total. The Bertz CT molecular complexity index is 1170. The number of fused-ring (bicyclic) bond motifs is 1. The van der Waals surface area contributed by atoms with Crippen molar-refractivity contribution in [3.05, 3.63) is 54.1 Å². The topological polar surface area (TPSA) is 96.4 Å². The third-order valence-electron chi connectivity index (χ3n) is 8.93. The minimum atomic E-state index is -1.28. The van der Waals surface area contributed by atoms with Crippen LogP contribution in [0.3, 0.4) is 0 Å². The molecule has 0 aromatic heterocycles. The van der Waals surface area contributed by atoms with Crippen molar-refractivity contribution in [2.24, 2.45) is 23.7 Å². The molecule has 3 fully saturated rings. The SMILES string of the molecule is C=CCOC(=O)[C@@H]1[C@H]2C(=O)N([C@@H](CO)C(C)C)C(C(=O)N(CC=C)c3c(C)cccc3Cl)C23CC(C)[C@@]1(C)O3. The van der Waals surface area contributed by atoms with Crippen LogP contribution in [0.25, 0.3) is 0 Å². The Morgan fingerprint density at radius 2 is 2.03 bits per heavy atom. The Labute approximate surface area is 235 Å². The van der Waals surface area contributed by atoms with E-state index in [1.54, 1.807) is 12.1 Å². The second-order valence-electron chi connectivity index (χ2n) is 11.5. The molecule has 3 saturated heterocycles. The molecule has 1 aromatic carbocycles. The lowest BCUT2D eigenvalue weighted by atomic mass is 9.62. The van der Waals surface area contributed by atoms with Gasteiger partial charge in [-0.25, -0.2) is 0 Å². The van der Waals surface area contributed by atoms with Gasteiger partial charge in [0.05, 0.1) is 34.9 Å². The van der Waals surface area contributed by atoms with E-state index in [9.17, 15) is 19.5 Å². The first-order valence-electron chi connectivity index (χ1n) is 13.5. The van der Waals surface area contributed by atoms with Gasteiger partial charge in [-0.3, -0.25) is 14.4 Å². The number of likely N-dealkylation sites (tertiary alicyclic amines) is 1. The van der Waals surface area contributed by atoms with E-state index < -0.39 is 47.0 Å². The molecule has 7 atom stereocenters. The summed E-state index contributed by atoms with van der Waals surface area (Å²) >= 11 is 6.61. The molecule has 0 radical (unpaired) electrons. The number of aliphatic hydroxyl groups is 1. The number of para-hydroxylation sites is 1. The van der Waals surface area contributed by atoms with Gasteiger partial charge in [-0.15, -0.1) is 6.58 Å². The van der Waals surface area contributed by atoms with Crippen LogP contribution < -0.4 is 4.90 Å². The molecule has 9 heteroatoms. The first kappa shape index (κ1) is 29.3. The summed E-state index contributed by atoms with van der Waals surface area (Å²) in [5.41, 5.74) is -0.973. The average molecular weight is 559 g/mol. The van der Waals surface area contributed by atoms with Crippen LogP contribution in [0.1, 0.15) is 39.7 Å². The van der Waals surface area contributed by atoms with Gasteiger partial charge in [0.1, 0.15) is 24.2 Å². The Balaban J connectivity index is 1.92. The number of esters is 1. The van der Waals surface area contributed by atoms with Crippen molar-refractivity contribution in [1.29, 1.82) is 0 Å². The Morgan fingerprint density at radius 3 is 2.59 bits per heavy atom. The van der Waals surface area contributed by atoms with E-state index in [0.717, 1.165) is 5.56 Å². The zero-order valence-electron chi connectivity index (χ0n) is 23.4. The lowest BCUT2D eigenvalue weighted by Gasteiger charge is -2.41. The minimum Gasteiger partial charge on any atom is -0.461 e. The van der Waals surface area contributed by atoms with Gasteiger partial charge < -0.3 is 24.4 Å². The predicted octanol–water partition coefficient (Wildman–Crippen LogP) is 3.92. The molecule has 3 aliphatic rings. The van der Waals surface area contributed by atoms with E-state index in [1.165, 1.54) is 15.9 Å². The number of carbonyl (C=O) groups excluding carboxylic acids is 3. The van der Waals surface area contributed by atoms with E-state index in [4.69, 9.17) is 21.1 Å². The highest BCUT2D eigenvalue weighted by molar-refractivity contribution is 6.34. The number of rotatable bonds is 10. The summed E-state index contributed by atoms with van der Waals surface area (Å²) in [6, 6.07) is 3.62. The first-order chi connectivity index (χ1) is 18.4. The summed E-state index contributed by atoms with van der Waals surface area (Å²) in [6.45, 7) is 16.7. The fourth-order valence-electron chi connectivity index (χ4n) is 7.06. The standard InChI is InChI=1S/C30H39ClN2O6/c1-8-13-32(24-18(5)11-10-12-20(24)31)27(36)25-30-15-19(6)29(7,39-30)23(28(37)38-14-9-2)22(30)26(35)33(25)21(16-34)17(3)4/h8-12,17,19,21-23,25,34H,1-2,13-16H2,3-7H3/t19?,21-,22-,23-,25?,29+,30?/m0/s1. The summed E-state index contributed by atoms with van der Waals surface area (Å²) < 4.78 is 12.2. The van der Waals surface area contributed by atoms with E-state index >= 15 is 0 Å². The second kappa shape index (κ2) is 10.7. The van der Waals surface area contributed by atoms with Crippen LogP contribution in [-0.4, -0.2) is 70.8 Å². The normalized spacial score (nSPS) is 31.8. The van der Waals surface area contributed by atoms with E-state index in [-0.39, 0.29) is 37.5 Å². The molecule has 39 heavy (non-hydrogen) atoms. The number of benzene rings is 1. The molecule has 212 valence electrons. The number of halogens is 1. The highest BCUT2D eigenvalue weighted by atomic mass is 35.5. The predicted molar refractivity (Wildman–Crippen MR) is 149 cm³/mol. The van der Waals surface area contributed by atoms with Crippen LogP contribution in [0.5, 0.6) is 0 Å². The summed E-state index contributed by atoms with van der Waals surface area (Å²) in [5, 5.41) is 10.8. The van der Waals surface area contributed by atoms with E-state index in [0.29, 0.717) is 17.1 Å². The van der Waals surface area contributed by atoms with Gasteiger partial charge >= 0.3 is 5.97 Å². The summed E-state index contributed by atoms with van der Waals surface area (Å²) in [4.78, 5) is 45.6. The lowest BCUT2D eigenvalue weighted by Crippen LogP contribution is -2.60. The molecular weight excluding hydrogens is 520 g/mol. The molecule has 1 N–H and O–H groups in total. The summed E-state index contributed by atoms with van der Waals surface area (Å²) in [6.07, 6.45) is 3.48. The van der Waals surface area contributed by atoms with Crippen molar-refractivity contribution in [3.8, 4) is 0 Å². The number of amides is 2. The Morgan fingerprint density at radius 1 is 1.33 bits per heavy atom. The van der Waals surface area contributed by atoms with Crippen molar-refractivity contribution < 1.29 is 29.0 Å². The maximum atomic E-state index is 14.8. The number of hydrogen-bond donors (Lipinski definition) is 1. The van der Waals surface area contributed by atoms with E-state index in [2.05, 4.69) is 13.2 Å². The van der Waals surface area contributed by atoms with Crippen LogP contribution in [-0.2, 0) is 23.9 Å². The fraction of sp³-hybridized carbons (Fsp3) is 0.567. The maximum absolute atomic E-state index is 14.8. The monoisotopic (exact) mass is 558 g/mol. The van der Waals surface area contributed by atoms with Gasteiger partial charge in [-0.2, -0.15) is 0 Å². The van der Waals surface area contributed by atoms with E-state index in [1.807, 2.05) is 46.8 Å². The third-order valence-corrected chi connectivity index (χ3v) is 9.24. The van der Waals surface area contributed by atoms with Gasteiger partial charge in [-0.1, -0.05) is 63.2 Å². The number of aryl methyl sites for hydroxylation is 1. The molecular formula is C30H39ClN2O6. The molecule has 0 aliphatic carbocycles. The van der Waals surface area contributed by atoms with Gasteiger partial charge in [0, 0.05) is 6.54 Å². The van der Waals surface area contributed by atoms with Gasteiger partial charge in [0.25, 0.3) is 5.91 Å². The van der Waals surface area contributed by atoms with Crippen molar-refractivity contribution in [2.45, 2.75) is 64.3 Å². The number of hydrogen-bond acceptors (Lipinski definition) is 6. The van der Waals surface area contributed by atoms with Crippen molar-refractivity contribution >= 4 is 35.1 Å². The zero-order valence-corrected chi connectivity index (χ0v) is 24.1. The number of ether oxygens (including phenoxy) is 2. The van der Waals surface area contributed by atoms with Gasteiger partial charge in [0.2, 0.25) is 5.91 Å². The van der Waals surface area contributed by atoms with Crippen LogP contribution in [0.4, 0.5) is 5.69 Å². The van der Waals surface area contributed by atoms with Gasteiger partial charge in [0.15, 0.2) is 0 Å². The zero-order chi connectivity index (χ0) is 28.9. The first-order valence-corrected chi connectivity index (χ1v) is 13.9. The fourth-order valence-corrected chi connectivity index (χ4v) is 7.38. The second-order valence-corrected chi connectivity index (χ2v) is 11.9. The number of anilines is 1. The van der Waals surface area contributed by atoms with Crippen molar-refractivity contribution in [1.82, 2.24) is 4.90 Å². The molecule has 1 aromatic rings. The minimum absolute atomic E-state index is 0.00390. The lowest BCUT2D eigenvalue weighted by molar-refractivity contribution is -0.162. The Hall–Kier alpha value is -2.68. The number of nitrogens with zero attached hydrogens (tertiary/aromatic N) is 2. The largest absolute Gasteiger partial charge is 0.461 e. The number of aliphatic hydroxyl groups excluding tert-OH is 1. The van der Waals surface area contributed by atoms with Crippen LogP contribution in [0, 0.1) is 30.6 Å². The molecule has 3 unspecified atom stereocenters. The molecule has 1 spiro atoms. The van der Waals surface area contributed by atoms with Crippen LogP contribution in [0.15, 0.2) is 43.5 Å². The molecule has 2 amide bonds. The smallest absolute Gasteiger partial charge is 0.313 e. The molecule has 2 bridgehead atoms. The average Bonchev–Trinajstić information content (AvgIpc) is 3.39. The van der Waals surface area contributed by atoms with Crippen molar-refractivity contribution in [3.63, 3.8) is 0 Å². The van der Waals surface area contributed by atoms with Crippen LogP contribution >= 0.6 is 11.6 Å². The maximum Gasteiger partial charge on any atom is 0.313 e. The molecule has 3 aliphatic heterocycles. The molecule has 4 rings (SSSR count). The van der Waals surface area contributed by atoms with Crippen LogP contribution in [0.2, 0.25) is 5.02 Å².